The molecule has 0 fully saturated rings. The van der Waals surface area contributed by atoms with Gasteiger partial charge in [0.2, 0.25) is 17.7 Å². The van der Waals surface area contributed by atoms with Crippen molar-refractivity contribution in [2.45, 2.75) is 51.1 Å². The lowest BCUT2D eigenvalue weighted by atomic mass is 10.0. The Balaban J connectivity index is 1.69. The molecule has 3 aromatic carbocycles. The number of carbonyl (C=O) groups is 3. The molecular weight excluding hydrogens is 752 g/mol. The van der Waals surface area contributed by atoms with Crippen molar-refractivity contribution in [3.63, 3.8) is 0 Å². The Morgan fingerprint density at radius 2 is 1.58 bits per heavy atom. The standard InChI is InChI=1S/C35H44N10O12/c1-21(25-18-31(30(56-2)19-28(25)44(52)53)57-16-4-6-32(47)38-15-13-22-7-10-24(46)11-8-22)41-34(49)27(5-3-14-39-35(36)37)42-33(48)20-40-26-12-9-23(43(50)51)17-29(26)45(54)55/h7-12,17-19,21,27,40,46H,3-6,13-16,20H2,1-2H3,(H,38,47)(H,41,49)(H,42,48)(H4,36,37,39). The number of methoxy groups -OCH3 is 1. The molecule has 22 heteroatoms. The number of aliphatic imine (C=N–C) groups is 1. The number of anilines is 1. The van der Waals surface area contributed by atoms with Crippen molar-refractivity contribution in [1.29, 1.82) is 0 Å². The molecule has 0 radical (unpaired) electrons. The van der Waals surface area contributed by atoms with Crippen molar-refractivity contribution in [2.24, 2.45) is 16.5 Å². The highest BCUT2D eigenvalue weighted by atomic mass is 16.6. The van der Waals surface area contributed by atoms with E-state index in [4.69, 9.17) is 20.9 Å². The Morgan fingerprint density at radius 3 is 2.21 bits per heavy atom. The number of non-ortho nitro benzene ring substituents is 1. The van der Waals surface area contributed by atoms with Crippen molar-refractivity contribution in [1.82, 2.24) is 16.0 Å². The summed E-state index contributed by atoms with van der Waals surface area (Å²) in [5.41, 5.74) is 9.98. The highest BCUT2D eigenvalue weighted by Crippen LogP contribution is 2.38. The molecule has 0 heterocycles. The molecule has 0 spiro atoms. The number of nitro benzene ring substituents is 3. The summed E-state index contributed by atoms with van der Waals surface area (Å²) >= 11 is 0. The third-order valence-corrected chi connectivity index (χ3v) is 8.24. The summed E-state index contributed by atoms with van der Waals surface area (Å²) < 4.78 is 11.2. The minimum Gasteiger partial charge on any atom is -0.508 e. The summed E-state index contributed by atoms with van der Waals surface area (Å²) in [7, 11) is 1.29. The van der Waals surface area contributed by atoms with Gasteiger partial charge in [0, 0.05) is 25.6 Å². The molecule has 9 N–H and O–H groups in total. The van der Waals surface area contributed by atoms with Crippen molar-refractivity contribution < 1.29 is 43.7 Å². The number of phenolic OH excluding ortho intramolecular Hbond substituents is 1. The maximum Gasteiger partial charge on any atom is 0.299 e. The second-order valence-corrected chi connectivity index (χ2v) is 12.4. The number of phenols is 1. The Kier molecular flexibility index (Phi) is 16.7. The fourth-order valence-corrected chi connectivity index (χ4v) is 5.37. The average Bonchev–Trinajstić information content (AvgIpc) is 3.16. The molecule has 306 valence electrons. The molecule has 57 heavy (non-hydrogen) atoms. The molecule has 3 aromatic rings. The number of aromatic hydroxyl groups is 1. The number of rotatable bonds is 23. The van der Waals surface area contributed by atoms with Gasteiger partial charge in [-0.15, -0.1) is 0 Å². The SMILES string of the molecule is COc1cc([N+](=O)[O-])c(C(C)NC(=O)C(CCCN=C(N)N)NC(=O)CNc2ccc([N+](=O)[O-])cc2[N+](=O)[O-])cc1OCCCC(=O)NCCc1ccc(O)cc1. The van der Waals surface area contributed by atoms with Crippen molar-refractivity contribution in [3.05, 3.63) is 96.1 Å². The van der Waals surface area contributed by atoms with Crippen LogP contribution in [0.2, 0.25) is 0 Å². The van der Waals surface area contributed by atoms with E-state index in [1.165, 1.54) is 20.1 Å². The molecule has 2 unspecified atom stereocenters. The van der Waals surface area contributed by atoms with Gasteiger partial charge < -0.3 is 47.3 Å². The predicted molar refractivity (Wildman–Crippen MR) is 206 cm³/mol. The van der Waals surface area contributed by atoms with Crippen molar-refractivity contribution in [2.75, 3.05) is 38.7 Å². The topological polar surface area (TPSA) is 332 Å². The number of benzene rings is 3. The predicted octanol–water partition coefficient (Wildman–Crippen LogP) is 2.47. The van der Waals surface area contributed by atoms with Gasteiger partial charge in [-0.05, 0) is 62.4 Å². The lowest BCUT2D eigenvalue weighted by molar-refractivity contribution is -0.393. The van der Waals surface area contributed by atoms with E-state index in [-0.39, 0.29) is 72.8 Å². The highest BCUT2D eigenvalue weighted by Gasteiger charge is 2.28. The van der Waals surface area contributed by atoms with E-state index in [9.17, 15) is 49.8 Å². The van der Waals surface area contributed by atoms with Gasteiger partial charge in [-0.25, -0.2) is 0 Å². The van der Waals surface area contributed by atoms with E-state index in [1.807, 2.05) is 0 Å². The number of nitrogens with zero attached hydrogens (tertiary/aromatic N) is 4. The van der Waals surface area contributed by atoms with Crippen LogP contribution in [0.25, 0.3) is 0 Å². The summed E-state index contributed by atoms with van der Waals surface area (Å²) in [5, 5.41) is 54.6. The zero-order valence-electron chi connectivity index (χ0n) is 31.1. The number of amides is 3. The minimum atomic E-state index is -1.23. The summed E-state index contributed by atoms with van der Waals surface area (Å²) in [4.78, 5) is 75.1. The van der Waals surface area contributed by atoms with Crippen LogP contribution in [-0.4, -0.2) is 83.0 Å². The monoisotopic (exact) mass is 796 g/mol. The van der Waals surface area contributed by atoms with Crippen LogP contribution in [0.15, 0.2) is 59.6 Å². The molecular formula is C35H44N10O12. The Hall–Kier alpha value is -7.26. The van der Waals surface area contributed by atoms with E-state index < -0.39 is 62.3 Å². The Morgan fingerprint density at radius 1 is 0.877 bits per heavy atom. The number of nitrogens with two attached hydrogens (primary N) is 2. The number of ether oxygens (including phenoxy) is 2. The van der Waals surface area contributed by atoms with Crippen LogP contribution in [0.3, 0.4) is 0 Å². The van der Waals surface area contributed by atoms with E-state index in [2.05, 4.69) is 26.3 Å². The fourth-order valence-electron chi connectivity index (χ4n) is 5.37. The molecule has 0 saturated carbocycles. The minimum absolute atomic E-state index is 0.00219. The summed E-state index contributed by atoms with van der Waals surface area (Å²) in [6.45, 7) is 1.43. The van der Waals surface area contributed by atoms with Crippen LogP contribution >= 0.6 is 0 Å². The number of hydrogen-bond acceptors (Lipinski definition) is 14. The molecule has 0 saturated heterocycles. The number of carbonyl (C=O) groups excluding carboxylic acids is 3. The maximum absolute atomic E-state index is 13.6. The summed E-state index contributed by atoms with van der Waals surface area (Å²) in [6.07, 6.45) is 1.20. The quantitative estimate of drug-likeness (QED) is 0.0238. The van der Waals surface area contributed by atoms with E-state index >= 15 is 0 Å². The first-order valence-corrected chi connectivity index (χ1v) is 17.4. The number of nitro groups is 3. The average molecular weight is 797 g/mol. The first-order chi connectivity index (χ1) is 27.1. The third kappa shape index (κ3) is 14.2. The van der Waals surface area contributed by atoms with E-state index in [0.717, 1.165) is 29.8 Å². The van der Waals surface area contributed by atoms with Gasteiger partial charge in [-0.2, -0.15) is 0 Å². The molecule has 0 aliphatic carbocycles. The van der Waals surface area contributed by atoms with Gasteiger partial charge >= 0.3 is 0 Å². The largest absolute Gasteiger partial charge is 0.508 e. The second-order valence-electron chi connectivity index (χ2n) is 12.4. The first-order valence-electron chi connectivity index (χ1n) is 17.4. The van der Waals surface area contributed by atoms with Crippen LogP contribution < -0.4 is 42.2 Å². The first kappa shape index (κ1) is 44.1. The van der Waals surface area contributed by atoms with Gasteiger partial charge in [-0.1, -0.05) is 12.1 Å². The molecule has 0 bridgehead atoms. The normalized spacial score (nSPS) is 11.6. The van der Waals surface area contributed by atoms with Gasteiger partial charge in [-0.3, -0.25) is 49.7 Å². The molecule has 3 amide bonds. The van der Waals surface area contributed by atoms with Gasteiger partial charge in [0.05, 0.1) is 58.8 Å². The van der Waals surface area contributed by atoms with Gasteiger partial charge in [0.15, 0.2) is 17.5 Å². The Labute approximate surface area is 325 Å². The van der Waals surface area contributed by atoms with Crippen molar-refractivity contribution >= 4 is 46.4 Å². The van der Waals surface area contributed by atoms with Crippen LogP contribution in [0.5, 0.6) is 17.2 Å². The maximum atomic E-state index is 13.6. The number of hydrogen-bond donors (Lipinski definition) is 7. The van der Waals surface area contributed by atoms with Crippen LogP contribution in [0, 0.1) is 30.3 Å². The number of guanidine groups is 1. The highest BCUT2D eigenvalue weighted by molar-refractivity contribution is 5.90. The Bertz CT molecular complexity index is 1960. The fraction of sp³-hybridized carbons (Fsp3) is 0.371. The summed E-state index contributed by atoms with van der Waals surface area (Å²) in [6, 6.07) is 9.68. The number of nitrogens with one attached hydrogen (secondary N) is 4. The molecule has 2 atom stereocenters. The lowest BCUT2D eigenvalue weighted by Gasteiger charge is -2.22. The van der Waals surface area contributed by atoms with E-state index in [0.29, 0.717) is 19.4 Å². The zero-order chi connectivity index (χ0) is 42.1. The zero-order valence-corrected chi connectivity index (χ0v) is 31.1. The molecule has 0 aromatic heterocycles. The molecule has 3 rings (SSSR count). The van der Waals surface area contributed by atoms with Crippen LogP contribution in [0.4, 0.5) is 22.7 Å². The van der Waals surface area contributed by atoms with E-state index in [1.54, 1.807) is 24.3 Å². The second kappa shape index (κ2) is 21.6. The van der Waals surface area contributed by atoms with Crippen LogP contribution in [0.1, 0.15) is 49.8 Å². The third-order valence-electron chi connectivity index (χ3n) is 8.24. The molecule has 0 aliphatic heterocycles. The summed E-state index contributed by atoms with van der Waals surface area (Å²) in [5.74, 6) is -1.64. The van der Waals surface area contributed by atoms with Crippen molar-refractivity contribution in [3.8, 4) is 17.2 Å². The molecule has 0 aliphatic rings. The lowest BCUT2D eigenvalue weighted by Crippen LogP contribution is -2.48. The smallest absolute Gasteiger partial charge is 0.299 e. The van der Waals surface area contributed by atoms with Gasteiger partial charge in [0.25, 0.3) is 17.1 Å². The van der Waals surface area contributed by atoms with Gasteiger partial charge in [0.1, 0.15) is 17.5 Å². The molecule has 22 nitrogen and oxygen atoms in total. The van der Waals surface area contributed by atoms with Crippen LogP contribution in [-0.2, 0) is 20.8 Å².